The fourth-order valence-corrected chi connectivity index (χ4v) is 4.29. The third kappa shape index (κ3) is 3.49. The molecule has 0 aromatic heterocycles. The summed E-state index contributed by atoms with van der Waals surface area (Å²) in [5.41, 5.74) is 0. The van der Waals surface area contributed by atoms with Crippen molar-refractivity contribution in [1.29, 1.82) is 0 Å². The highest BCUT2D eigenvalue weighted by atomic mass is 32.2. The van der Waals surface area contributed by atoms with Crippen LogP contribution in [0.1, 0.15) is 19.8 Å². The molecule has 1 N–H and O–H groups in total. The van der Waals surface area contributed by atoms with Crippen molar-refractivity contribution in [2.45, 2.75) is 19.8 Å². The molecular weight excluding hydrogens is 282 g/mol. The number of carbonyl (C=O) groups excluding carboxylic acids is 1. The first-order chi connectivity index (χ1) is 9.55. The largest absolute Gasteiger partial charge is 0.379 e. The predicted octanol–water partition coefficient (Wildman–Crippen LogP) is -0.588. The lowest BCUT2D eigenvalue weighted by Crippen LogP contribution is -2.52. The fraction of sp³-hybridized carbons (Fsp3) is 0.917. The summed E-state index contributed by atoms with van der Waals surface area (Å²) < 4.78 is 33.1. The standard InChI is InChI=1S/C12H23N3O4S/c1-2-13-12(16)11-4-3-5-15(10-11)20(17,18)14-6-8-19-9-7-14/h11H,2-10H2,1H3,(H,13,16)/t11-/m1/s1. The van der Waals surface area contributed by atoms with Crippen LogP contribution in [0, 0.1) is 5.92 Å². The molecule has 0 unspecified atom stereocenters. The monoisotopic (exact) mass is 305 g/mol. The molecule has 2 aliphatic heterocycles. The van der Waals surface area contributed by atoms with Crippen LogP contribution in [0.15, 0.2) is 0 Å². The van der Waals surface area contributed by atoms with Crippen LogP contribution < -0.4 is 5.32 Å². The number of nitrogens with one attached hydrogen (secondary N) is 1. The summed E-state index contributed by atoms with van der Waals surface area (Å²) in [5, 5.41) is 2.77. The first-order valence-electron chi connectivity index (χ1n) is 7.16. The van der Waals surface area contributed by atoms with Crippen LogP contribution in [0.3, 0.4) is 0 Å². The van der Waals surface area contributed by atoms with Gasteiger partial charge in [-0.2, -0.15) is 17.0 Å². The SMILES string of the molecule is CCNC(=O)[C@@H]1CCCN(S(=O)(=O)N2CCOCC2)C1. The molecule has 2 saturated heterocycles. The van der Waals surface area contributed by atoms with Gasteiger partial charge in [-0.1, -0.05) is 0 Å². The summed E-state index contributed by atoms with van der Waals surface area (Å²) >= 11 is 0. The molecule has 2 heterocycles. The van der Waals surface area contributed by atoms with E-state index in [1.54, 1.807) is 0 Å². The lowest BCUT2D eigenvalue weighted by Gasteiger charge is -2.36. The highest BCUT2D eigenvalue weighted by Crippen LogP contribution is 2.21. The van der Waals surface area contributed by atoms with Gasteiger partial charge in [-0.15, -0.1) is 0 Å². The van der Waals surface area contributed by atoms with Crippen LogP contribution in [0.4, 0.5) is 0 Å². The Hall–Kier alpha value is -0.700. The van der Waals surface area contributed by atoms with E-state index in [4.69, 9.17) is 4.74 Å². The van der Waals surface area contributed by atoms with Crippen molar-refractivity contribution in [3.8, 4) is 0 Å². The van der Waals surface area contributed by atoms with Gasteiger partial charge in [-0.05, 0) is 19.8 Å². The number of piperidine rings is 1. The lowest BCUT2D eigenvalue weighted by atomic mass is 9.99. The minimum atomic E-state index is -3.46. The number of hydrogen-bond donors (Lipinski definition) is 1. The second kappa shape index (κ2) is 6.84. The summed E-state index contributed by atoms with van der Waals surface area (Å²) in [6, 6.07) is 0. The first-order valence-corrected chi connectivity index (χ1v) is 8.56. The highest BCUT2D eigenvalue weighted by molar-refractivity contribution is 7.86. The Labute approximate surface area is 120 Å². The molecule has 0 bridgehead atoms. The van der Waals surface area contributed by atoms with E-state index < -0.39 is 10.2 Å². The van der Waals surface area contributed by atoms with Crippen LogP contribution in [-0.2, 0) is 19.7 Å². The molecule has 7 nitrogen and oxygen atoms in total. The van der Waals surface area contributed by atoms with Gasteiger partial charge >= 0.3 is 0 Å². The Balaban J connectivity index is 2.01. The van der Waals surface area contributed by atoms with Crippen LogP contribution in [0.25, 0.3) is 0 Å². The van der Waals surface area contributed by atoms with Crippen molar-refractivity contribution >= 4 is 16.1 Å². The first kappa shape index (κ1) is 15.7. The zero-order chi connectivity index (χ0) is 14.6. The molecule has 0 aromatic carbocycles. The summed E-state index contributed by atoms with van der Waals surface area (Å²) in [7, 11) is -3.46. The minimum Gasteiger partial charge on any atom is -0.379 e. The molecule has 2 fully saturated rings. The Morgan fingerprint density at radius 2 is 1.95 bits per heavy atom. The highest BCUT2D eigenvalue weighted by Gasteiger charge is 2.36. The third-order valence-electron chi connectivity index (χ3n) is 3.73. The van der Waals surface area contributed by atoms with E-state index in [2.05, 4.69) is 5.32 Å². The Morgan fingerprint density at radius 1 is 1.25 bits per heavy atom. The van der Waals surface area contributed by atoms with Crippen molar-refractivity contribution < 1.29 is 17.9 Å². The molecule has 116 valence electrons. The minimum absolute atomic E-state index is 0.0469. The van der Waals surface area contributed by atoms with Crippen LogP contribution in [0.5, 0.6) is 0 Å². The van der Waals surface area contributed by atoms with Crippen molar-refractivity contribution in [2.75, 3.05) is 45.9 Å². The zero-order valence-corrected chi connectivity index (χ0v) is 12.7. The van der Waals surface area contributed by atoms with Gasteiger partial charge in [-0.25, -0.2) is 0 Å². The van der Waals surface area contributed by atoms with E-state index in [1.807, 2.05) is 6.92 Å². The molecule has 0 aliphatic carbocycles. The third-order valence-corrected chi connectivity index (χ3v) is 5.73. The molecule has 0 spiro atoms. The molecule has 0 radical (unpaired) electrons. The van der Waals surface area contributed by atoms with E-state index in [1.165, 1.54) is 8.61 Å². The average molecular weight is 305 g/mol. The lowest BCUT2D eigenvalue weighted by molar-refractivity contribution is -0.125. The van der Waals surface area contributed by atoms with Gasteiger partial charge in [0.1, 0.15) is 0 Å². The van der Waals surface area contributed by atoms with Crippen LogP contribution >= 0.6 is 0 Å². The Morgan fingerprint density at radius 3 is 2.60 bits per heavy atom. The molecule has 1 amide bonds. The number of ether oxygens (including phenoxy) is 1. The Kier molecular flexibility index (Phi) is 5.36. The van der Waals surface area contributed by atoms with Crippen molar-refractivity contribution in [3.63, 3.8) is 0 Å². The van der Waals surface area contributed by atoms with Gasteiger partial charge in [0.25, 0.3) is 10.2 Å². The number of hydrogen-bond acceptors (Lipinski definition) is 4. The number of morpholine rings is 1. The molecule has 0 aromatic rings. The van der Waals surface area contributed by atoms with Gasteiger partial charge in [0.15, 0.2) is 0 Å². The number of carbonyl (C=O) groups is 1. The predicted molar refractivity (Wildman–Crippen MR) is 74.3 cm³/mol. The maximum atomic E-state index is 12.5. The normalized spacial score (nSPS) is 26.4. The molecule has 2 rings (SSSR count). The summed E-state index contributed by atoms with van der Waals surface area (Å²) in [6.45, 7) is 4.88. The second-order valence-electron chi connectivity index (χ2n) is 5.11. The average Bonchev–Trinajstić information content (AvgIpc) is 2.48. The van der Waals surface area contributed by atoms with Crippen molar-refractivity contribution in [1.82, 2.24) is 13.9 Å². The summed E-state index contributed by atoms with van der Waals surface area (Å²) in [5.74, 6) is -0.283. The number of amides is 1. The van der Waals surface area contributed by atoms with E-state index >= 15 is 0 Å². The molecule has 20 heavy (non-hydrogen) atoms. The fourth-order valence-electron chi connectivity index (χ4n) is 2.63. The Bertz CT molecular complexity index is 434. The van der Waals surface area contributed by atoms with Crippen molar-refractivity contribution in [3.05, 3.63) is 0 Å². The smallest absolute Gasteiger partial charge is 0.282 e. The van der Waals surface area contributed by atoms with E-state index in [9.17, 15) is 13.2 Å². The van der Waals surface area contributed by atoms with Gasteiger partial charge in [-0.3, -0.25) is 4.79 Å². The quantitative estimate of drug-likeness (QED) is 0.753. The molecule has 2 aliphatic rings. The van der Waals surface area contributed by atoms with Gasteiger partial charge in [0.2, 0.25) is 5.91 Å². The molecular formula is C12H23N3O4S. The maximum absolute atomic E-state index is 12.5. The van der Waals surface area contributed by atoms with E-state index in [0.717, 1.165) is 12.8 Å². The molecule has 1 atom stereocenters. The zero-order valence-electron chi connectivity index (χ0n) is 11.9. The second-order valence-corrected chi connectivity index (χ2v) is 7.04. The summed E-state index contributed by atoms with van der Waals surface area (Å²) in [6.07, 6.45) is 1.48. The van der Waals surface area contributed by atoms with Gasteiger partial charge in [0, 0.05) is 32.7 Å². The maximum Gasteiger partial charge on any atom is 0.282 e. The van der Waals surface area contributed by atoms with E-state index in [-0.39, 0.29) is 18.4 Å². The van der Waals surface area contributed by atoms with Gasteiger partial charge in [0.05, 0.1) is 19.1 Å². The van der Waals surface area contributed by atoms with Gasteiger partial charge < -0.3 is 10.1 Å². The summed E-state index contributed by atoms with van der Waals surface area (Å²) in [4.78, 5) is 11.9. The number of rotatable bonds is 4. The van der Waals surface area contributed by atoms with Crippen LogP contribution in [-0.4, -0.2) is 68.9 Å². The van der Waals surface area contributed by atoms with Crippen LogP contribution in [0.2, 0.25) is 0 Å². The molecule has 0 saturated carbocycles. The number of nitrogens with zero attached hydrogens (tertiary/aromatic N) is 2. The topological polar surface area (TPSA) is 79.0 Å². The van der Waals surface area contributed by atoms with E-state index in [0.29, 0.717) is 39.4 Å². The molecule has 8 heteroatoms. The van der Waals surface area contributed by atoms with Crippen molar-refractivity contribution in [2.24, 2.45) is 5.92 Å².